The number of allylic oxidation sites excluding steroid dienone is 7. The van der Waals surface area contributed by atoms with Crippen LogP contribution in [0.2, 0.25) is 0 Å². The number of unbranched alkanes of at least 4 members (excludes halogenated alkanes) is 27. The van der Waals surface area contributed by atoms with Crippen LogP contribution in [-0.4, -0.2) is 73.4 Å². The molecule has 0 aromatic carbocycles. The van der Waals surface area contributed by atoms with Crippen molar-refractivity contribution in [3.63, 3.8) is 0 Å². The fourth-order valence-electron chi connectivity index (χ4n) is 7.21. The molecule has 0 radical (unpaired) electrons. The van der Waals surface area contributed by atoms with Crippen LogP contribution in [0.4, 0.5) is 0 Å². The molecule has 0 saturated heterocycles. The summed E-state index contributed by atoms with van der Waals surface area (Å²) in [6.07, 6.45) is 56.3. The summed E-state index contributed by atoms with van der Waals surface area (Å²) >= 11 is 0. The van der Waals surface area contributed by atoms with Gasteiger partial charge in [0, 0.05) is 6.42 Å². The van der Waals surface area contributed by atoms with E-state index in [1.807, 2.05) is 27.2 Å². The standard InChI is InChI=1S/C52H99N2O6P/c1-6-8-10-12-14-16-18-20-21-22-23-24-25-26-27-28-29-30-31-32-33-34-36-38-40-42-44-46-52(56)53-50(49-60-61(57,58)59-48-47-54(3,4)5)51(55)45-43-41-39-37-35-19-17-15-13-11-9-7-2/h18,20,22-23,35,37,43,45,50-51,55H,6-17,19,21,24-34,36,38-42,44,46-49H2,1-5H3,(H-,53,56,57,58)/p+1/b20-18-,23-22-,37-35+,45-43+. The largest absolute Gasteiger partial charge is 0.472 e. The molecule has 358 valence electrons. The van der Waals surface area contributed by atoms with E-state index in [0.717, 1.165) is 44.9 Å². The van der Waals surface area contributed by atoms with E-state index in [1.165, 1.54) is 161 Å². The molecule has 61 heavy (non-hydrogen) atoms. The molecular weight excluding hydrogens is 780 g/mol. The summed E-state index contributed by atoms with van der Waals surface area (Å²) in [5.41, 5.74) is 0. The Morgan fingerprint density at radius 1 is 0.557 bits per heavy atom. The van der Waals surface area contributed by atoms with E-state index in [0.29, 0.717) is 17.4 Å². The first-order chi connectivity index (χ1) is 29.5. The summed E-state index contributed by atoms with van der Waals surface area (Å²) in [4.78, 5) is 23.2. The maximum Gasteiger partial charge on any atom is 0.472 e. The fraction of sp³-hybridized carbons (Fsp3) is 0.827. The van der Waals surface area contributed by atoms with E-state index in [9.17, 15) is 19.4 Å². The normalized spacial score (nSPS) is 14.5. The summed E-state index contributed by atoms with van der Waals surface area (Å²) in [6.45, 7) is 4.77. The Labute approximate surface area is 378 Å². The molecular formula is C52H100N2O6P+. The fourth-order valence-corrected chi connectivity index (χ4v) is 7.94. The zero-order valence-electron chi connectivity index (χ0n) is 40.7. The SMILES string of the molecule is CCCCCCC/C=C\C/C=C\CCCCCCCCCCCCCCCCCC(=O)NC(COP(=O)(O)OCC[N+](C)(C)C)C(O)/C=C/CC/C=C/CCCCCCCC. The first-order valence-electron chi connectivity index (χ1n) is 25.5. The Bertz CT molecular complexity index is 1130. The van der Waals surface area contributed by atoms with E-state index in [2.05, 4.69) is 55.6 Å². The van der Waals surface area contributed by atoms with Crippen LogP contribution in [0, 0.1) is 0 Å². The average Bonchev–Trinajstić information content (AvgIpc) is 3.21. The van der Waals surface area contributed by atoms with Gasteiger partial charge in [-0.1, -0.05) is 204 Å². The Morgan fingerprint density at radius 3 is 1.41 bits per heavy atom. The molecule has 3 atom stereocenters. The number of hydrogen-bond acceptors (Lipinski definition) is 5. The highest BCUT2D eigenvalue weighted by Gasteiger charge is 2.27. The highest BCUT2D eigenvalue weighted by atomic mass is 31.2. The van der Waals surface area contributed by atoms with Crippen LogP contribution in [0.3, 0.4) is 0 Å². The number of nitrogens with one attached hydrogen (secondary N) is 1. The van der Waals surface area contributed by atoms with Gasteiger partial charge in [-0.3, -0.25) is 13.8 Å². The lowest BCUT2D eigenvalue weighted by Crippen LogP contribution is -2.45. The Balaban J connectivity index is 4.17. The van der Waals surface area contributed by atoms with Gasteiger partial charge >= 0.3 is 7.82 Å². The third-order valence-corrected chi connectivity index (χ3v) is 12.3. The quantitative estimate of drug-likeness (QED) is 0.0243. The van der Waals surface area contributed by atoms with E-state index < -0.39 is 20.0 Å². The molecule has 0 aromatic heterocycles. The maximum atomic E-state index is 12.9. The van der Waals surface area contributed by atoms with Crippen LogP contribution in [0.15, 0.2) is 48.6 Å². The summed E-state index contributed by atoms with van der Waals surface area (Å²) in [6, 6.07) is -0.862. The Hall–Kier alpha value is -1.54. The second kappa shape index (κ2) is 43.7. The number of nitrogens with zero attached hydrogens (tertiary/aromatic N) is 1. The number of aliphatic hydroxyl groups excluding tert-OH is 1. The molecule has 0 spiro atoms. The molecule has 0 aliphatic heterocycles. The summed E-state index contributed by atoms with van der Waals surface area (Å²) in [7, 11) is 1.55. The van der Waals surface area contributed by atoms with E-state index in [4.69, 9.17) is 9.05 Å². The van der Waals surface area contributed by atoms with E-state index in [-0.39, 0.29) is 19.1 Å². The summed E-state index contributed by atoms with van der Waals surface area (Å²) in [5.74, 6) is -0.188. The number of quaternary nitrogens is 1. The number of carbonyl (C=O) groups is 1. The lowest BCUT2D eigenvalue weighted by atomic mass is 10.0. The minimum atomic E-state index is -4.35. The third-order valence-electron chi connectivity index (χ3n) is 11.3. The van der Waals surface area contributed by atoms with Gasteiger partial charge in [-0.25, -0.2) is 4.57 Å². The minimum absolute atomic E-state index is 0.0557. The minimum Gasteiger partial charge on any atom is -0.387 e. The predicted molar refractivity (Wildman–Crippen MR) is 263 cm³/mol. The van der Waals surface area contributed by atoms with Crippen molar-refractivity contribution in [1.29, 1.82) is 0 Å². The highest BCUT2D eigenvalue weighted by Crippen LogP contribution is 2.43. The van der Waals surface area contributed by atoms with Crippen LogP contribution in [0.1, 0.15) is 226 Å². The molecule has 9 heteroatoms. The lowest BCUT2D eigenvalue weighted by Gasteiger charge is -2.25. The van der Waals surface area contributed by atoms with Crippen molar-refractivity contribution in [2.75, 3.05) is 40.9 Å². The molecule has 0 saturated carbocycles. The van der Waals surface area contributed by atoms with Crippen molar-refractivity contribution in [2.45, 2.75) is 238 Å². The van der Waals surface area contributed by atoms with E-state index >= 15 is 0 Å². The summed E-state index contributed by atoms with van der Waals surface area (Å²) < 4.78 is 23.6. The second-order valence-electron chi connectivity index (χ2n) is 18.5. The Kier molecular flexibility index (Phi) is 42.6. The molecule has 0 aromatic rings. The monoisotopic (exact) mass is 880 g/mol. The van der Waals surface area contributed by atoms with Gasteiger partial charge in [-0.15, -0.1) is 0 Å². The maximum absolute atomic E-state index is 12.9. The van der Waals surface area contributed by atoms with Crippen molar-refractivity contribution in [3.8, 4) is 0 Å². The number of phosphoric acid groups is 1. The van der Waals surface area contributed by atoms with Gasteiger partial charge in [0.2, 0.25) is 5.91 Å². The van der Waals surface area contributed by atoms with Gasteiger partial charge in [0.1, 0.15) is 13.2 Å². The number of rotatable bonds is 46. The summed E-state index contributed by atoms with van der Waals surface area (Å²) in [5, 5.41) is 13.8. The predicted octanol–water partition coefficient (Wildman–Crippen LogP) is 14.8. The molecule has 1 amide bonds. The number of carbonyl (C=O) groups excluding carboxylic acids is 1. The third kappa shape index (κ3) is 46.3. The average molecular weight is 880 g/mol. The number of aliphatic hydroxyl groups is 1. The van der Waals surface area contributed by atoms with Crippen LogP contribution < -0.4 is 5.32 Å². The number of likely N-dealkylation sites (N-methyl/N-ethyl adjacent to an activating group) is 1. The molecule has 0 aliphatic rings. The van der Waals surface area contributed by atoms with Crippen molar-refractivity contribution in [1.82, 2.24) is 5.32 Å². The van der Waals surface area contributed by atoms with Crippen molar-refractivity contribution in [2.24, 2.45) is 0 Å². The topological polar surface area (TPSA) is 105 Å². The molecule has 3 N–H and O–H groups in total. The van der Waals surface area contributed by atoms with Crippen LogP contribution >= 0.6 is 7.82 Å². The number of amides is 1. The molecule has 0 fully saturated rings. The number of phosphoric ester groups is 1. The van der Waals surface area contributed by atoms with Gasteiger partial charge in [-0.05, 0) is 64.2 Å². The molecule has 0 rings (SSSR count). The van der Waals surface area contributed by atoms with Crippen LogP contribution in [0.5, 0.6) is 0 Å². The van der Waals surface area contributed by atoms with Crippen molar-refractivity contribution < 1.29 is 32.9 Å². The molecule has 3 unspecified atom stereocenters. The second-order valence-corrected chi connectivity index (χ2v) is 20.0. The molecule has 0 heterocycles. The smallest absolute Gasteiger partial charge is 0.387 e. The Morgan fingerprint density at radius 2 is 0.951 bits per heavy atom. The first kappa shape index (κ1) is 59.5. The van der Waals surface area contributed by atoms with Gasteiger partial charge in [0.25, 0.3) is 0 Å². The van der Waals surface area contributed by atoms with Gasteiger partial charge < -0.3 is 19.8 Å². The molecule has 0 aliphatic carbocycles. The number of hydrogen-bond donors (Lipinski definition) is 3. The van der Waals surface area contributed by atoms with E-state index in [1.54, 1.807) is 6.08 Å². The highest BCUT2D eigenvalue weighted by molar-refractivity contribution is 7.47. The van der Waals surface area contributed by atoms with Crippen LogP contribution in [-0.2, 0) is 18.4 Å². The van der Waals surface area contributed by atoms with Gasteiger partial charge in [0.05, 0.1) is 39.9 Å². The van der Waals surface area contributed by atoms with Crippen LogP contribution in [0.25, 0.3) is 0 Å². The lowest BCUT2D eigenvalue weighted by molar-refractivity contribution is -0.870. The van der Waals surface area contributed by atoms with Gasteiger partial charge in [-0.2, -0.15) is 0 Å². The molecule has 8 nitrogen and oxygen atoms in total. The zero-order chi connectivity index (χ0) is 45.0. The van der Waals surface area contributed by atoms with Crippen molar-refractivity contribution in [3.05, 3.63) is 48.6 Å². The molecule has 0 bridgehead atoms. The van der Waals surface area contributed by atoms with Crippen molar-refractivity contribution >= 4 is 13.7 Å². The zero-order valence-corrected chi connectivity index (χ0v) is 41.5. The van der Waals surface area contributed by atoms with Gasteiger partial charge in [0.15, 0.2) is 0 Å². The first-order valence-corrected chi connectivity index (χ1v) is 27.0.